The second-order valence-electron chi connectivity index (χ2n) is 9.42. The number of nitrogens with one attached hydrogen (secondary N) is 3. The van der Waals surface area contributed by atoms with Crippen molar-refractivity contribution in [2.75, 3.05) is 20.2 Å². The summed E-state index contributed by atoms with van der Waals surface area (Å²) >= 11 is 0. The molecule has 2 amide bonds. The third-order valence-corrected chi connectivity index (χ3v) is 6.00. The van der Waals surface area contributed by atoms with Gasteiger partial charge in [0.05, 0.1) is 18.8 Å². The summed E-state index contributed by atoms with van der Waals surface area (Å²) in [7, 11) is 1.48. The van der Waals surface area contributed by atoms with Gasteiger partial charge in [0.25, 0.3) is 11.8 Å². The number of carbonyl (C=O) groups excluding carboxylic acids is 2. The van der Waals surface area contributed by atoms with Crippen molar-refractivity contribution in [1.29, 1.82) is 5.53 Å². The van der Waals surface area contributed by atoms with Gasteiger partial charge in [-0.25, -0.2) is 14.3 Å². The van der Waals surface area contributed by atoms with E-state index in [-0.39, 0.29) is 43.1 Å². The van der Waals surface area contributed by atoms with Gasteiger partial charge in [0, 0.05) is 38.4 Å². The lowest BCUT2D eigenvalue weighted by Gasteiger charge is -2.19. The molecular formula is C27H29F5N8O4. The van der Waals surface area contributed by atoms with Crippen molar-refractivity contribution in [1.82, 2.24) is 30.5 Å². The van der Waals surface area contributed by atoms with Gasteiger partial charge in [0.1, 0.15) is 17.7 Å². The minimum Gasteiger partial charge on any atom is -0.406 e. The predicted molar refractivity (Wildman–Crippen MR) is 144 cm³/mol. The van der Waals surface area contributed by atoms with Crippen molar-refractivity contribution in [3.8, 4) is 5.75 Å². The summed E-state index contributed by atoms with van der Waals surface area (Å²) in [5.41, 5.74) is 7.23. The minimum absolute atomic E-state index is 0.00980. The van der Waals surface area contributed by atoms with Gasteiger partial charge < -0.3 is 25.4 Å². The number of hydrogen-bond acceptors (Lipinski definition) is 9. The summed E-state index contributed by atoms with van der Waals surface area (Å²) in [6.45, 7) is -1.02. The van der Waals surface area contributed by atoms with Crippen LogP contribution >= 0.6 is 0 Å². The molecule has 0 spiro atoms. The molecule has 3 rings (SSSR count). The smallest absolute Gasteiger partial charge is 0.406 e. The van der Waals surface area contributed by atoms with E-state index >= 15 is 0 Å². The lowest BCUT2D eigenvalue weighted by atomic mass is 10.1. The highest BCUT2D eigenvalue weighted by molar-refractivity contribution is 5.93. The van der Waals surface area contributed by atoms with Gasteiger partial charge in [0.15, 0.2) is 11.4 Å². The van der Waals surface area contributed by atoms with Gasteiger partial charge in [-0.1, -0.05) is 35.5 Å². The SMILES string of the molecule is CN(/C=C(\N=N)C(=O)N[C@@H](CO)c1ccccc1)CC(F)CCn1cc(C(=O)NCc2cc(OC(F)(F)F)ccc2F)nn1. The molecule has 0 fully saturated rings. The first-order valence-electron chi connectivity index (χ1n) is 13.0. The number of benzene rings is 2. The molecule has 0 bridgehead atoms. The lowest BCUT2D eigenvalue weighted by Crippen LogP contribution is -2.32. The molecule has 0 radical (unpaired) electrons. The largest absolute Gasteiger partial charge is 0.573 e. The molecule has 0 saturated heterocycles. The summed E-state index contributed by atoms with van der Waals surface area (Å²) in [5.74, 6) is -3.03. The Morgan fingerprint density at radius 1 is 1.23 bits per heavy atom. The van der Waals surface area contributed by atoms with Gasteiger partial charge in [-0.15, -0.1) is 18.3 Å². The van der Waals surface area contributed by atoms with Gasteiger partial charge in [-0.3, -0.25) is 14.3 Å². The maximum absolute atomic E-state index is 14.7. The molecule has 3 aromatic rings. The molecule has 1 heterocycles. The predicted octanol–water partition coefficient (Wildman–Crippen LogP) is 3.63. The van der Waals surface area contributed by atoms with E-state index in [4.69, 9.17) is 5.53 Å². The van der Waals surface area contributed by atoms with E-state index < -0.39 is 48.5 Å². The Hall–Kier alpha value is -4.93. The van der Waals surface area contributed by atoms with Crippen LogP contribution in [0.25, 0.3) is 0 Å². The fraction of sp³-hybridized carbons (Fsp3) is 0.333. The Balaban J connectivity index is 1.48. The molecule has 44 heavy (non-hydrogen) atoms. The first-order valence-corrected chi connectivity index (χ1v) is 13.0. The van der Waals surface area contributed by atoms with E-state index in [9.17, 15) is 36.6 Å². The number of aliphatic hydroxyl groups excluding tert-OH is 1. The Morgan fingerprint density at radius 3 is 2.61 bits per heavy atom. The normalized spacial score (nSPS) is 13.1. The number of aliphatic hydroxyl groups is 1. The summed E-state index contributed by atoms with van der Waals surface area (Å²) in [5, 5.41) is 25.2. The number of alkyl halides is 4. The monoisotopic (exact) mass is 624 g/mol. The van der Waals surface area contributed by atoms with E-state index in [2.05, 4.69) is 30.8 Å². The molecule has 0 saturated carbocycles. The number of hydrogen-bond donors (Lipinski definition) is 4. The molecule has 2 aromatic carbocycles. The average Bonchev–Trinajstić information content (AvgIpc) is 3.46. The summed E-state index contributed by atoms with van der Waals surface area (Å²) in [6, 6.07) is 10.3. The number of carbonyl (C=O) groups is 2. The summed E-state index contributed by atoms with van der Waals surface area (Å²) in [4.78, 5) is 26.3. The van der Waals surface area contributed by atoms with Crippen molar-refractivity contribution >= 4 is 11.8 Å². The number of ether oxygens (including phenoxy) is 1. The van der Waals surface area contributed by atoms with Crippen LogP contribution in [0.4, 0.5) is 22.0 Å². The van der Waals surface area contributed by atoms with Crippen LogP contribution in [0.1, 0.15) is 34.1 Å². The minimum atomic E-state index is -4.97. The Bertz CT molecular complexity index is 1450. The van der Waals surface area contributed by atoms with Crippen LogP contribution in [-0.2, 0) is 17.9 Å². The van der Waals surface area contributed by atoms with E-state index in [1.54, 1.807) is 30.3 Å². The number of amides is 2. The van der Waals surface area contributed by atoms with Gasteiger partial charge in [-0.2, -0.15) is 5.11 Å². The summed E-state index contributed by atoms with van der Waals surface area (Å²) in [6.07, 6.45) is -4.06. The highest BCUT2D eigenvalue weighted by atomic mass is 19.4. The van der Waals surface area contributed by atoms with Crippen molar-refractivity contribution < 1.29 is 41.4 Å². The first-order chi connectivity index (χ1) is 20.9. The zero-order valence-corrected chi connectivity index (χ0v) is 23.3. The molecule has 0 aliphatic carbocycles. The van der Waals surface area contributed by atoms with Crippen molar-refractivity contribution in [2.45, 2.75) is 38.1 Å². The molecule has 236 valence electrons. The topological polar surface area (TPSA) is 158 Å². The molecule has 1 aromatic heterocycles. The van der Waals surface area contributed by atoms with E-state index in [0.29, 0.717) is 5.56 Å². The Kier molecular flexibility index (Phi) is 11.8. The Morgan fingerprint density at radius 2 is 1.95 bits per heavy atom. The number of rotatable bonds is 15. The summed E-state index contributed by atoms with van der Waals surface area (Å²) < 4.78 is 70.9. The van der Waals surface area contributed by atoms with Gasteiger partial charge in [-0.05, 0) is 30.2 Å². The van der Waals surface area contributed by atoms with Crippen LogP contribution in [0, 0.1) is 11.3 Å². The number of aryl methyl sites for hydroxylation is 1. The van der Waals surface area contributed by atoms with Crippen LogP contribution in [0.5, 0.6) is 5.75 Å². The zero-order chi connectivity index (χ0) is 32.3. The van der Waals surface area contributed by atoms with Crippen LogP contribution in [0.3, 0.4) is 0 Å². The van der Waals surface area contributed by atoms with Crippen molar-refractivity contribution in [3.63, 3.8) is 0 Å². The average molecular weight is 625 g/mol. The molecule has 2 atom stereocenters. The Labute approximate surface area is 248 Å². The second kappa shape index (κ2) is 15.5. The maximum Gasteiger partial charge on any atom is 0.573 e. The third kappa shape index (κ3) is 10.4. The molecule has 4 N–H and O–H groups in total. The van der Waals surface area contributed by atoms with Crippen LogP contribution in [0.15, 0.2) is 71.7 Å². The van der Waals surface area contributed by atoms with Crippen molar-refractivity contribution in [3.05, 3.63) is 89.3 Å². The fourth-order valence-electron chi connectivity index (χ4n) is 3.89. The molecule has 17 heteroatoms. The molecule has 12 nitrogen and oxygen atoms in total. The maximum atomic E-state index is 14.7. The standard InChI is InChI=1S/C27H29F5N8O4/c1-39(14-22(36-33)26(43)35-24(16-41)17-5-3-2-4-6-17)13-19(28)9-10-40-15-23(37-38-40)25(42)34-12-18-11-20(7-8-21(18)29)44-27(30,31)32/h2-8,11,14-15,19,24,33,41H,9-10,12-13,16H2,1H3,(H,34,42)(H,35,43)/b22-14-,36-33?/t19?,24-/m0/s1. The third-order valence-electron chi connectivity index (χ3n) is 6.00. The van der Waals surface area contributed by atoms with Gasteiger partial charge >= 0.3 is 6.36 Å². The fourth-order valence-corrected chi connectivity index (χ4v) is 3.89. The van der Waals surface area contributed by atoms with Crippen LogP contribution in [-0.4, -0.2) is 69.5 Å². The van der Waals surface area contributed by atoms with Crippen LogP contribution < -0.4 is 15.4 Å². The number of nitrogens with zero attached hydrogens (tertiary/aromatic N) is 5. The quantitative estimate of drug-likeness (QED) is 0.114. The highest BCUT2D eigenvalue weighted by Gasteiger charge is 2.31. The number of halogens is 5. The van der Waals surface area contributed by atoms with Crippen molar-refractivity contribution in [2.24, 2.45) is 5.11 Å². The first kappa shape index (κ1) is 33.6. The van der Waals surface area contributed by atoms with E-state index in [1.807, 2.05) is 0 Å². The number of aromatic nitrogens is 3. The molecular weight excluding hydrogens is 595 g/mol. The molecule has 0 aliphatic heterocycles. The highest BCUT2D eigenvalue weighted by Crippen LogP contribution is 2.24. The lowest BCUT2D eigenvalue weighted by molar-refractivity contribution is -0.274. The molecule has 0 aliphatic rings. The van der Waals surface area contributed by atoms with Gasteiger partial charge in [0.2, 0.25) is 0 Å². The van der Waals surface area contributed by atoms with E-state index in [0.717, 1.165) is 18.2 Å². The second-order valence-corrected chi connectivity index (χ2v) is 9.42. The zero-order valence-electron chi connectivity index (χ0n) is 23.3. The van der Waals surface area contributed by atoms with E-state index in [1.165, 1.54) is 29.0 Å². The van der Waals surface area contributed by atoms with Crippen LogP contribution in [0.2, 0.25) is 0 Å². The molecule has 1 unspecified atom stereocenters.